The van der Waals surface area contributed by atoms with Gasteiger partial charge in [-0.1, -0.05) is 0 Å². The van der Waals surface area contributed by atoms with Crippen molar-refractivity contribution in [2.24, 2.45) is 10.7 Å². The number of benzene rings is 1. The molecule has 0 saturated heterocycles. The van der Waals surface area contributed by atoms with Crippen molar-refractivity contribution in [3.63, 3.8) is 0 Å². The maximum atomic E-state index is 14.9. The lowest BCUT2D eigenvalue weighted by Gasteiger charge is -2.37. The third kappa shape index (κ3) is 4.46. The second-order valence-electron chi connectivity index (χ2n) is 7.12. The first-order chi connectivity index (χ1) is 15.0. The molecule has 7 nitrogen and oxygen atoms in total. The van der Waals surface area contributed by atoms with Crippen LogP contribution in [-0.4, -0.2) is 35.9 Å². The molecule has 0 saturated carbocycles. The normalized spacial score (nSPS) is 20.7. The largest absolute Gasteiger partial charge is 0.452 e. The maximum absolute atomic E-state index is 14.9. The number of alkyl halides is 4. The average molecular weight is 453 g/mol. The molecule has 168 valence electrons. The highest BCUT2D eigenvalue weighted by Gasteiger charge is 2.52. The van der Waals surface area contributed by atoms with Gasteiger partial charge in [-0.15, -0.1) is 0 Å². The van der Waals surface area contributed by atoms with Gasteiger partial charge in [-0.05, 0) is 36.8 Å². The number of nitrogens with two attached hydrogens (primary N) is 1. The third-order valence-electron chi connectivity index (χ3n) is 4.84. The molecule has 0 bridgehead atoms. The number of nitrogens with one attached hydrogen (secondary N) is 1. The smallest absolute Gasteiger partial charge is 0.425 e. The first-order valence-electron chi connectivity index (χ1n) is 9.12. The van der Waals surface area contributed by atoms with Crippen molar-refractivity contribution in [1.82, 2.24) is 4.98 Å². The number of carbonyl (C=O) groups excluding carboxylic acids is 1. The van der Waals surface area contributed by atoms with Crippen LogP contribution in [0.1, 0.15) is 33.6 Å². The number of anilines is 1. The molecule has 0 spiro atoms. The SMILES string of the molecule is Cc1cc(NC(=O)c2ccc(C#N)cn2)cc(C2(CF)CC(C(F)(F)F)OC(N)=N2)c1F. The number of carbonyl (C=O) groups is 1. The Hall–Kier alpha value is -3.75. The molecular weight excluding hydrogens is 437 g/mol. The quantitative estimate of drug-likeness (QED) is 0.689. The van der Waals surface area contributed by atoms with Gasteiger partial charge < -0.3 is 15.8 Å². The van der Waals surface area contributed by atoms with Gasteiger partial charge in [0.2, 0.25) is 0 Å². The Morgan fingerprint density at radius 1 is 1.41 bits per heavy atom. The van der Waals surface area contributed by atoms with Crippen LogP contribution in [0.25, 0.3) is 0 Å². The third-order valence-corrected chi connectivity index (χ3v) is 4.84. The Balaban J connectivity index is 2.01. The molecule has 2 heterocycles. The van der Waals surface area contributed by atoms with Crippen LogP contribution >= 0.6 is 0 Å². The number of ether oxygens (including phenoxy) is 1. The summed E-state index contributed by atoms with van der Waals surface area (Å²) in [5.74, 6) is -1.72. The van der Waals surface area contributed by atoms with Gasteiger partial charge in [-0.25, -0.2) is 18.8 Å². The number of amidine groups is 1. The Bertz CT molecular complexity index is 1110. The first kappa shape index (κ1) is 22.9. The number of rotatable bonds is 4. The zero-order valence-electron chi connectivity index (χ0n) is 16.5. The highest BCUT2D eigenvalue weighted by atomic mass is 19.4. The predicted octanol–water partition coefficient (Wildman–Crippen LogP) is 3.48. The number of pyridine rings is 1. The van der Waals surface area contributed by atoms with Crippen LogP contribution < -0.4 is 11.1 Å². The Kier molecular flexibility index (Phi) is 6.03. The molecule has 1 aromatic heterocycles. The summed E-state index contributed by atoms with van der Waals surface area (Å²) in [6, 6.07) is 5.78. The highest BCUT2D eigenvalue weighted by molar-refractivity contribution is 6.03. The Morgan fingerprint density at radius 2 is 2.12 bits per heavy atom. The molecule has 2 aromatic rings. The van der Waals surface area contributed by atoms with Crippen molar-refractivity contribution in [3.8, 4) is 6.07 Å². The molecule has 0 radical (unpaired) electrons. The fraction of sp³-hybridized carbons (Fsp3) is 0.300. The molecule has 32 heavy (non-hydrogen) atoms. The highest BCUT2D eigenvalue weighted by Crippen LogP contribution is 2.42. The number of amides is 1. The summed E-state index contributed by atoms with van der Waals surface area (Å²) in [5, 5.41) is 11.2. The number of nitriles is 1. The summed E-state index contributed by atoms with van der Waals surface area (Å²) in [6.07, 6.45) is -7.25. The van der Waals surface area contributed by atoms with E-state index in [2.05, 4.69) is 20.0 Å². The first-order valence-corrected chi connectivity index (χ1v) is 9.12. The summed E-state index contributed by atoms with van der Waals surface area (Å²) in [6.45, 7) is -0.192. The van der Waals surface area contributed by atoms with Crippen LogP contribution in [0.5, 0.6) is 0 Å². The van der Waals surface area contributed by atoms with E-state index in [4.69, 9.17) is 11.0 Å². The van der Waals surface area contributed by atoms with Crippen molar-refractivity contribution >= 4 is 17.6 Å². The van der Waals surface area contributed by atoms with Gasteiger partial charge in [0.25, 0.3) is 11.9 Å². The van der Waals surface area contributed by atoms with E-state index in [0.29, 0.717) is 0 Å². The molecule has 3 rings (SSSR count). The van der Waals surface area contributed by atoms with Crippen molar-refractivity contribution in [1.29, 1.82) is 5.26 Å². The minimum atomic E-state index is -4.89. The minimum absolute atomic E-state index is 0.0216. The van der Waals surface area contributed by atoms with Gasteiger partial charge >= 0.3 is 6.18 Å². The van der Waals surface area contributed by atoms with Crippen LogP contribution in [0.15, 0.2) is 35.5 Å². The standard InChI is InChI=1S/C20H16F5N5O2/c1-10-4-12(29-17(31)14-3-2-11(7-26)8-28-14)5-13(16(10)22)19(9-21)6-15(20(23,24)25)32-18(27)30-19/h2-5,8,15H,6,9H2,1H3,(H2,27,30)(H,29,31). The van der Waals surface area contributed by atoms with Crippen molar-refractivity contribution in [2.45, 2.75) is 31.2 Å². The number of hydrogen-bond acceptors (Lipinski definition) is 6. The van der Waals surface area contributed by atoms with Gasteiger partial charge in [-0.3, -0.25) is 4.79 Å². The van der Waals surface area contributed by atoms with Crippen molar-refractivity contribution in [3.05, 3.63) is 58.7 Å². The zero-order chi connectivity index (χ0) is 23.7. The van der Waals surface area contributed by atoms with Gasteiger partial charge in [-0.2, -0.15) is 18.4 Å². The average Bonchev–Trinajstić information content (AvgIpc) is 2.75. The number of halogens is 5. The van der Waals surface area contributed by atoms with E-state index in [9.17, 15) is 26.7 Å². The van der Waals surface area contributed by atoms with E-state index in [1.807, 2.05) is 6.07 Å². The summed E-state index contributed by atoms with van der Waals surface area (Å²) in [5.41, 5.74) is 2.61. The summed E-state index contributed by atoms with van der Waals surface area (Å²) >= 11 is 0. The van der Waals surface area contributed by atoms with Crippen LogP contribution in [0.4, 0.5) is 27.6 Å². The summed E-state index contributed by atoms with van der Waals surface area (Å²) in [4.78, 5) is 19.9. The lowest BCUT2D eigenvalue weighted by Crippen LogP contribution is -2.48. The second-order valence-corrected chi connectivity index (χ2v) is 7.12. The molecule has 2 atom stereocenters. The maximum Gasteiger partial charge on any atom is 0.425 e. The zero-order valence-corrected chi connectivity index (χ0v) is 16.5. The van der Waals surface area contributed by atoms with Crippen LogP contribution in [0.2, 0.25) is 0 Å². The summed E-state index contributed by atoms with van der Waals surface area (Å²) < 4.78 is 73.3. The van der Waals surface area contributed by atoms with Gasteiger partial charge in [0.15, 0.2) is 6.10 Å². The van der Waals surface area contributed by atoms with Gasteiger partial charge in [0.05, 0.1) is 5.56 Å². The molecule has 2 unspecified atom stereocenters. The monoisotopic (exact) mass is 453 g/mol. The number of hydrogen-bond donors (Lipinski definition) is 2. The fourth-order valence-electron chi connectivity index (χ4n) is 3.26. The Labute approximate surface area is 178 Å². The van der Waals surface area contributed by atoms with Crippen LogP contribution in [0, 0.1) is 24.1 Å². The molecule has 0 fully saturated rings. The van der Waals surface area contributed by atoms with E-state index in [1.54, 1.807) is 0 Å². The molecule has 1 amide bonds. The predicted molar refractivity (Wildman–Crippen MR) is 103 cm³/mol. The number of aromatic nitrogens is 1. The number of aliphatic imine (C=N–C) groups is 1. The molecule has 1 aliphatic rings. The molecule has 1 aliphatic heterocycles. The van der Waals surface area contributed by atoms with Crippen molar-refractivity contribution < 1.29 is 31.5 Å². The molecule has 1 aromatic carbocycles. The van der Waals surface area contributed by atoms with Crippen LogP contribution in [0.3, 0.4) is 0 Å². The second kappa shape index (κ2) is 8.41. The van der Waals surface area contributed by atoms with Gasteiger partial charge in [0.1, 0.15) is 29.8 Å². The van der Waals surface area contributed by atoms with Gasteiger partial charge in [0, 0.05) is 23.9 Å². The Morgan fingerprint density at radius 3 is 2.69 bits per heavy atom. The van der Waals surface area contributed by atoms with E-state index < -0.39 is 54.2 Å². The van der Waals surface area contributed by atoms with E-state index in [1.165, 1.54) is 31.3 Å². The van der Waals surface area contributed by atoms with Crippen LogP contribution in [-0.2, 0) is 10.3 Å². The molecular formula is C20H16F5N5O2. The number of nitrogens with zero attached hydrogens (tertiary/aromatic N) is 3. The topological polar surface area (TPSA) is 113 Å². The molecule has 0 aliphatic carbocycles. The van der Waals surface area contributed by atoms with E-state index >= 15 is 0 Å². The minimum Gasteiger partial charge on any atom is -0.452 e. The lowest BCUT2D eigenvalue weighted by molar-refractivity contribution is -0.209. The molecule has 12 heteroatoms. The van der Waals surface area contributed by atoms with E-state index in [0.717, 1.165) is 6.07 Å². The molecule has 3 N–H and O–H groups in total. The fourth-order valence-corrected chi connectivity index (χ4v) is 3.26. The summed E-state index contributed by atoms with van der Waals surface area (Å²) in [7, 11) is 0. The number of aryl methyl sites for hydroxylation is 1. The van der Waals surface area contributed by atoms with Crippen molar-refractivity contribution in [2.75, 3.05) is 12.0 Å². The van der Waals surface area contributed by atoms with E-state index in [-0.39, 0.29) is 22.5 Å². The lowest BCUT2D eigenvalue weighted by atomic mass is 9.83.